The first-order chi connectivity index (χ1) is 11.2. The summed E-state index contributed by atoms with van der Waals surface area (Å²) in [5, 5.41) is 3.01. The number of nitrogens with one attached hydrogen (secondary N) is 2. The zero-order chi connectivity index (χ0) is 16.2. The summed E-state index contributed by atoms with van der Waals surface area (Å²) in [6.07, 6.45) is 0. The summed E-state index contributed by atoms with van der Waals surface area (Å²) < 4.78 is 20.3. The minimum absolute atomic E-state index is 0.214. The van der Waals surface area contributed by atoms with Gasteiger partial charge in [0.2, 0.25) is 0 Å². The molecule has 0 saturated carbocycles. The molecule has 0 radical (unpaired) electrons. The molecule has 0 aliphatic carbocycles. The highest BCUT2D eigenvalue weighted by atomic mass is 19.1. The molecule has 0 aliphatic rings. The van der Waals surface area contributed by atoms with Gasteiger partial charge in [0, 0.05) is 6.54 Å². The molecule has 1 heterocycles. The summed E-state index contributed by atoms with van der Waals surface area (Å²) in [7, 11) is 1.85. The average molecular weight is 315 g/mol. The van der Waals surface area contributed by atoms with Crippen LogP contribution < -0.4 is 15.7 Å². The Kier molecular flexibility index (Phi) is 4.43. The van der Waals surface area contributed by atoms with Crippen molar-refractivity contribution in [1.29, 1.82) is 0 Å². The summed E-state index contributed by atoms with van der Waals surface area (Å²) in [6, 6.07) is 11.7. The monoisotopic (exact) mass is 315 g/mol. The van der Waals surface area contributed by atoms with Gasteiger partial charge in [-0.15, -0.1) is 0 Å². The smallest absolute Gasteiger partial charge is 0.326 e. The fourth-order valence-corrected chi connectivity index (χ4v) is 2.47. The van der Waals surface area contributed by atoms with Crippen molar-refractivity contribution in [3.8, 4) is 5.75 Å². The highest BCUT2D eigenvalue weighted by Gasteiger charge is 2.11. The largest absolute Gasteiger partial charge is 0.490 e. The van der Waals surface area contributed by atoms with Crippen LogP contribution in [0.2, 0.25) is 0 Å². The number of imidazole rings is 1. The molecule has 23 heavy (non-hydrogen) atoms. The molecule has 0 amide bonds. The van der Waals surface area contributed by atoms with Crippen molar-refractivity contribution in [3.05, 3.63) is 64.3 Å². The van der Waals surface area contributed by atoms with Crippen LogP contribution in [0.5, 0.6) is 5.75 Å². The van der Waals surface area contributed by atoms with Gasteiger partial charge in [-0.2, -0.15) is 0 Å². The van der Waals surface area contributed by atoms with E-state index in [-0.39, 0.29) is 11.5 Å². The molecule has 0 unspecified atom stereocenters. The second-order valence-electron chi connectivity index (χ2n) is 5.25. The van der Waals surface area contributed by atoms with E-state index in [1.165, 1.54) is 12.1 Å². The number of ether oxygens (including phenoxy) is 1. The lowest BCUT2D eigenvalue weighted by molar-refractivity contribution is 0.321. The van der Waals surface area contributed by atoms with Gasteiger partial charge >= 0.3 is 5.69 Å². The van der Waals surface area contributed by atoms with Crippen molar-refractivity contribution in [3.63, 3.8) is 0 Å². The molecular formula is C17H18FN3O2. The number of benzene rings is 2. The number of hydrogen-bond acceptors (Lipinski definition) is 3. The van der Waals surface area contributed by atoms with E-state index in [1.54, 1.807) is 16.7 Å². The van der Waals surface area contributed by atoms with Gasteiger partial charge in [0.15, 0.2) is 0 Å². The molecule has 6 heteroatoms. The van der Waals surface area contributed by atoms with Crippen molar-refractivity contribution >= 4 is 11.0 Å². The summed E-state index contributed by atoms with van der Waals surface area (Å²) in [5.74, 6) is 0.355. The standard InChI is InChI=1S/C17H18FN3O2/c1-19-9-10-23-15-4-2-3-14-16(15)20-17(22)21(14)11-12-5-7-13(18)8-6-12/h2-8,19H,9-11H2,1H3,(H,20,22). The fourth-order valence-electron chi connectivity index (χ4n) is 2.47. The number of fused-ring (bicyclic) bond motifs is 1. The minimum atomic E-state index is -0.291. The Bertz CT molecular complexity index is 852. The van der Waals surface area contributed by atoms with Crippen molar-refractivity contribution in [2.75, 3.05) is 20.2 Å². The number of halogens is 1. The summed E-state index contributed by atoms with van der Waals surface area (Å²) >= 11 is 0. The zero-order valence-corrected chi connectivity index (χ0v) is 12.8. The van der Waals surface area contributed by atoms with Crippen LogP contribution in [0.3, 0.4) is 0 Å². The van der Waals surface area contributed by atoms with E-state index in [4.69, 9.17) is 4.74 Å². The molecule has 2 aromatic carbocycles. The number of H-pyrrole nitrogens is 1. The lowest BCUT2D eigenvalue weighted by Crippen LogP contribution is -2.17. The van der Waals surface area contributed by atoms with E-state index in [2.05, 4.69) is 10.3 Å². The fraction of sp³-hybridized carbons (Fsp3) is 0.235. The predicted molar refractivity (Wildman–Crippen MR) is 87.5 cm³/mol. The first kappa shape index (κ1) is 15.3. The Morgan fingerprint density at radius 1 is 1.22 bits per heavy atom. The normalized spacial score (nSPS) is 11.0. The molecule has 0 aliphatic heterocycles. The highest BCUT2D eigenvalue weighted by Crippen LogP contribution is 2.23. The third-order valence-corrected chi connectivity index (χ3v) is 3.64. The molecule has 0 bridgehead atoms. The lowest BCUT2D eigenvalue weighted by atomic mass is 10.2. The predicted octanol–water partition coefficient (Wildman–Crippen LogP) is 2.12. The molecule has 0 fully saturated rings. The van der Waals surface area contributed by atoms with E-state index in [0.29, 0.717) is 24.4 Å². The van der Waals surface area contributed by atoms with Crippen LogP contribution in [0.4, 0.5) is 4.39 Å². The van der Waals surface area contributed by atoms with E-state index >= 15 is 0 Å². The van der Waals surface area contributed by atoms with Crippen molar-refractivity contribution in [1.82, 2.24) is 14.9 Å². The van der Waals surface area contributed by atoms with Crippen LogP contribution in [-0.4, -0.2) is 29.8 Å². The Morgan fingerprint density at radius 2 is 2.00 bits per heavy atom. The number of aromatic nitrogens is 2. The molecule has 1 aromatic heterocycles. The number of nitrogens with zero attached hydrogens (tertiary/aromatic N) is 1. The van der Waals surface area contributed by atoms with Crippen LogP contribution in [0.1, 0.15) is 5.56 Å². The quantitative estimate of drug-likeness (QED) is 0.685. The van der Waals surface area contributed by atoms with Crippen molar-refractivity contribution in [2.24, 2.45) is 0 Å². The molecule has 0 atom stereocenters. The topological polar surface area (TPSA) is 59.0 Å². The summed E-state index contributed by atoms with van der Waals surface area (Å²) in [5.41, 5.74) is 2.09. The number of para-hydroxylation sites is 1. The van der Waals surface area contributed by atoms with Gasteiger partial charge in [-0.1, -0.05) is 18.2 Å². The number of rotatable bonds is 6. The van der Waals surface area contributed by atoms with Gasteiger partial charge < -0.3 is 15.0 Å². The molecular weight excluding hydrogens is 297 g/mol. The molecule has 3 aromatic rings. The third-order valence-electron chi connectivity index (χ3n) is 3.64. The first-order valence-electron chi connectivity index (χ1n) is 7.42. The van der Waals surface area contributed by atoms with Crippen LogP contribution in [0.15, 0.2) is 47.3 Å². The molecule has 0 saturated heterocycles. The summed E-state index contributed by atoms with van der Waals surface area (Å²) in [6.45, 7) is 1.61. The first-order valence-corrected chi connectivity index (χ1v) is 7.42. The average Bonchev–Trinajstić information content (AvgIpc) is 2.87. The van der Waals surface area contributed by atoms with Gasteiger partial charge in [0.1, 0.15) is 23.7 Å². The Morgan fingerprint density at radius 3 is 2.74 bits per heavy atom. The minimum Gasteiger partial charge on any atom is -0.490 e. The molecule has 120 valence electrons. The Balaban J connectivity index is 1.94. The molecule has 5 nitrogen and oxygen atoms in total. The maximum absolute atomic E-state index is 13.0. The lowest BCUT2D eigenvalue weighted by Gasteiger charge is -2.07. The number of likely N-dealkylation sites (N-methyl/N-ethyl adjacent to an activating group) is 1. The zero-order valence-electron chi connectivity index (χ0n) is 12.8. The van der Waals surface area contributed by atoms with E-state index in [9.17, 15) is 9.18 Å². The van der Waals surface area contributed by atoms with Crippen molar-refractivity contribution < 1.29 is 9.13 Å². The van der Waals surface area contributed by atoms with Gasteiger partial charge in [0.05, 0.1) is 12.1 Å². The Labute approximate surface area is 132 Å². The number of hydrogen-bond donors (Lipinski definition) is 2. The highest BCUT2D eigenvalue weighted by molar-refractivity contribution is 5.81. The maximum Gasteiger partial charge on any atom is 0.326 e. The van der Waals surface area contributed by atoms with E-state index in [1.807, 2.05) is 25.2 Å². The van der Waals surface area contributed by atoms with Gasteiger partial charge in [-0.3, -0.25) is 4.57 Å². The van der Waals surface area contributed by atoms with Gasteiger partial charge in [-0.05, 0) is 36.9 Å². The molecule has 3 rings (SSSR count). The third kappa shape index (κ3) is 3.27. The SMILES string of the molecule is CNCCOc1cccc2c1[nH]c(=O)n2Cc1ccc(F)cc1. The molecule has 0 spiro atoms. The van der Waals surface area contributed by atoms with Crippen LogP contribution in [-0.2, 0) is 6.54 Å². The maximum atomic E-state index is 13.0. The summed E-state index contributed by atoms with van der Waals surface area (Å²) in [4.78, 5) is 15.1. The van der Waals surface area contributed by atoms with E-state index < -0.39 is 0 Å². The molecule has 2 N–H and O–H groups in total. The van der Waals surface area contributed by atoms with Crippen LogP contribution >= 0.6 is 0 Å². The van der Waals surface area contributed by atoms with Gasteiger partial charge in [-0.25, -0.2) is 9.18 Å². The number of aromatic amines is 1. The van der Waals surface area contributed by atoms with E-state index in [0.717, 1.165) is 17.6 Å². The van der Waals surface area contributed by atoms with Crippen LogP contribution in [0, 0.1) is 5.82 Å². The second kappa shape index (κ2) is 6.66. The Hall–Kier alpha value is -2.60. The van der Waals surface area contributed by atoms with Crippen LogP contribution in [0.25, 0.3) is 11.0 Å². The van der Waals surface area contributed by atoms with Gasteiger partial charge in [0.25, 0.3) is 0 Å². The second-order valence-corrected chi connectivity index (χ2v) is 5.25. The van der Waals surface area contributed by atoms with Crippen molar-refractivity contribution in [2.45, 2.75) is 6.54 Å².